The lowest BCUT2D eigenvalue weighted by atomic mass is 9.59. The van der Waals surface area contributed by atoms with E-state index in [-0.39, 0.29) is 6.03 Å². The van der Waals surface area contributed by atoms with Crippen molar-refractivity contribution in [1.29, 1.82) is 0 Å². The van der Waals surface area contributed by atoms with Crippen LogP contribution in [0.4, 0.5) is 10.5 Å². The molecule has 3 heterocycles. The molecule has 1 N–H and O–H groups in total. The van der Waals surface area contributed by atoms with Crippen molar-refractivity contribution in [2.75, 3.05) is 18.4 Å². The Morgan fingerprint density at radius 2 is 2.28 bits per heavy atom. The molecule has 1 saturated carbocycles. The van der Waals surface area contributed by atoms with Crippen LogP contribution in [0.5, 0.6) is 0 Å². The predicted octanol–water partition coefficient (Wildman–Crippen LogP) is 3.37. The van der Waals surface area contributed by atoms with Gasteiger partial charge in [-0.25, -0.2) is 4.79 Å². The van der Waals surface area contributed by atoms with Gasteiger partial charge in [-0.3, -0.25) is 9.67 Å². The van der Waals surface area contributed by atoms with Gasteiger partial charge in [0.2, 0.25) is 0 Å². The minimum absolute atomic E-state index is 0.00411. The molecule has 4 rings (SSSR count). The maximum absolute atomic E-state index is 12.6. The Labute approximate surface area is 148 Å². The van der Waals surface area contributed by atoms with E-state index >= 15 is 0 Å². The van der Waals surface area contributed by atoms with E-state index in [2.05, 4.69) is 22.3 Å². The standard InChI is InChI=1S/C19H25N5O/c1-15-6-10-23(14-19(15)7-4-8-19)18(25)22-17-11-21-24(13-17)12-16-5-2-3-9-20-16/h2-3,5,9,11,13,15H,4,6-8,10,12,14H2,1H3,(H,22,25). The minimum Gasteiger partial charge on any atom is -0.324 e. The van der Waals surface area contributed by atoms with Crippen molar-refractivity contribution in [3.05, 3.63) is 42.5 Å². The monoisotopic (exact) mass is 339 g/mol. The SMILES string of the molecule is CC1CCN(C(=O)Nc2cnn(Cc3ccccn3)c2)CC12CCC2. The molecule has 1 unspecified atom stereocenters. The number of nitrogens with zero attached hydrogens (tertiary/aromatic N) is 4. The zero-order valence-electron chi connectivity index (χ0n) is 14.7. The van der Waals surface area contributed by atoms with Gasteiger partial charge >= 0.3 is 6.03 Å². The highest BCUT2D eigenvalue weighted by Gasteiger charge is 2.46. The summed E-state index contributed by atoms with van der Waals surface area (Å²) in [7, 11) is 0. The summed E-state index contributed by atoms with van der Waals surface area (Å²) in [5, 5.41) is 7.32. The number of hydrogen-bond donors (Lipinski definition) is 1. The first-order valence-corrected chi connectivity index (χ1v) is 9.13. The van der Waals surface area contributed by atoms with Gasteiger partial charge < -0.3 is 10.2 Å². The van der Waals surface area contributed by atoms with Crippen LogP contribution in [-0.2, 0) is 6.54 Å². The number of anilines is 1. The molecule has 2 amide bonds. The van der Waals surface area contributed by atoms with Crippen LogP contribution in [0.15, 0.2) is 36.8 Å². The zero-order valence-corrected chi connectivity index (χ0v) is 14.7. The van der Waals surface area contributed by atoms with Crippen molar-refractivity contribution in [3.8, 4) is 0 Å². The Morgan fingerprint density at radius 3 is 3.00 bits per heavy atom. The average molecular weight is 339 g/mol. The molecule has 2 aliphatic rings. The minimum atomic E-state index is -0.00411. The first-order chi connectivity index (χ1) is 12.1. The lowest BCUT2D eigenvalue weighted by Crippen LogP contribution is -2.54. The van der Waals surface area contributed by atoms with Crippen LogP contribution in [0.25, 0.3) is 0 Å². The molecule has 2 fully saturated rings. The Bertz CT molecular complexity index is 737. The number of amides is 2. The predicted molar refractivity (Wildman–Crippen MR) is 96.2 cm³/mol. The summed E-state index contributed by atoms with van der Waals surface area (Å²) in [5.74, 6) is 0.728. The lowest BCUT2D eigenvalue weighted by molar-refractivity contribution is -0.0108. The van der Waals surface area contributed by atoms with E-state index in [1.54, 1.807) is 17.1 Å². The number of aromatic nitrogens is 3. The Hall–Kier alpha value is -2.37. The summed E-state index contributed by atoms with van der Waals surface area (Å²) in [6.45, 7) is 4.68. The van der Waals surface area contributed by atoms with Gasteiger partial charge in [-0.1, -0.05) is 19.4 Å². The molecule has 1 aliphatic heterocycles. The van der Waals surface area contributed by atoms with E-state index in [0.717, 1.165) is 36.8 Å². The van der Waals surface area contributed by atoms with Crippen LogP contribution >= 0.6 is 0 Å². The number of urea groups is 1. The number of rotatable bonds is 3. The third-order valence-electron chi connectivity index (χ3n) is 5.95. The van der Waals surface area contributed by atoms with E-state index in [4.69, 9.17) is 0 Å². The fourth-order valence-electron chi connectivity index (χ4n) is 4.10. The second-order valence-electron chi connectivity index (χ2n) is 7.51. The van der Waals surface area contributed by atoms with Gasteiger partial charge in [0.25, 0.3) is 0 Å². The van der Waals surface area contributed by atoms with E-state index in [0.29, 0.717) is 12.0 Å². The molecule has 1 aliphatic carbocycles. The van der Waals surface area contributed by atoms with Crippen LogP contribution in [0.3, 0.4) is 0 Å². The summed E-state index contributed by atoms with van der Waals surface area (Å²) in [6.07, 6.45) is 10.3. The molecule has 132 valence electrons. The fourth-order valence-corrected chi connectivity index (χ4v) is 4.10. The lowest BCUT2D eigenvalue weighted by Gasteiger charge is -2.52. The highest BCUT2D eigenvalue weighted by atomic mass is 16.2. The topological polar surface area (TPSA) is 63.1 Å². The molecular weight excluding hydrogens is 314 g/mol. The third-order valence-corrected chi connectivity index (χ3v) is 5.95. The maximum atomic E-state index is 12.6. The highest BCUT2D eigenvalue weighted by Crippen LogP contribution is 2.50. The number of pyridine rings is 1. The van der Waals surface area contributed by atoms with Crippen molar-refractivity contribution >= 4 is 11.7 Å². The first kappa shape index (κ1) is 16.1. The normalized spacial score (nSPS) is 21.8. The van der Waals surface area contributed by atoms with Gasteiger partial charge in [0.1, 0.15) is 0 Å². The molecule has 0 aromatic carbocycles. The van der Waals surface area contributed by atoms with Crippen LogP contribution < -0.4 is 5.32 Å². The maximum Gasteiger partial charge on any atom is 0.321 e. The average Bonchev–Trinajstić information content (AvgIpc) is 3.01. The van der Waals surface area contributed by atoms with Crippen molar-refractivity contribution in [1.82, 2.24) is 19.7 Å². The number of nitrogens with one attached hydrogen (secondary N) is 1. The van der Waals surface area contributed by atoms with Crippen LogP contribution in [-0.4, -0.2) is 38.8 Å². The van der Waals surface area contributed by atoms with Gasteiger partial charge in [-0.15, -0.1) is 0 Å². The van der Waals surface area contributed by atoms with Crippen molar-refractivity contribution in [2.24, 2.45) is 11.3 Å². The summed E-state index contributed by atoms with van der Waals surface area (Å²) in [5.41, 5.74) is 2.06. The van der Waals surface area contributed by atoms with Gasteiger partial charge in [-0.05, 0) is 42.7 Å². The molecule has 0 radical (unpaired) electrons. The Morgan fingerprint density at radius 1 is 1.40 bits per heavy atom. The molecular formula is C19H25N5O. The fraction of sp³-hybridized carbons (Fsp3) is 0.526. The Kier molecular flexibility index (Phi) is 4.19. The first-order valence-electron chi connectivity index (χ1n) is 9.13. The van der Waals surface area contributed by atoms with Crippen LogP contribution in [0.2, 0.25) is 0 Å². The summed E-state index contributed by atoms with van der Waals surface area (Å²) in [6, 6.07) is 5.82. The molecule has 25 heavy (non-hydrogen) atoms. The number of hydrogen-bond acceptors (Lipinski definition) is 3. The largest absolute Gasteiger partial charge is 0.324 e. The van der Waals surface area contributed by atoms with Gasteiger partial charge in [0, 0.05) is 25.5 Å². The second kappa shape index (κ2) is 6.50. The van der Waals surface area contributed by atoms with Crippen molar-refractivity contribution < 1.29 is 4.79 Å². The molecule has 2 aromatic rings. The van der Waals surface area contributed by atoms with Crippen LogP contribution in [0, 0.1) is 11.3 Å². The highest BCUT2D eigenvalue weighted by molar-refractivity contribution is 5.89. The van der Waals surface area contributed by atoms with Crippen LogP contribution in [0.1, 0.15) is 38.3 Å². The van der Waals surface area contributed by atoms with Gasteiger partial charge in [0.15, 0.2) is 0 Å². The summed E-state index contributed by atoms with van der Waals surface area (Å²) < 4.78 is 1.80. The van der Waals surface area contributed by atoms with E-state index < -0.39 is 0 Å². The molecule has 6 nitrogen and oxygen atoms in total. The molecule has 6 heteroatoms. The second-order valence-corrected chi connectivity index (χ2v) is 7.51. The molecule has 2 aromatic heterocycles. The van der Waals surface area contributed by atoms with E-state index in [1.165, 1.54) is 19.3 Å². The third kappa shape index (κ3) is 3.25. The van der Waals surface area contributed by atoms with Gasteiger partial charge in [0.05, 0.1) is 24.1 Å². The van der Waals surface area contributed by atoms with E-state index in [9.17, 15) is 4.79 Å². The molecule has 1 saturated heterocycles. The molecule has 1 spiro atoms. The number of carbonyl (C=O) groups excluding carboxylic acids is 1. The Balaban J connectivity index is 1.37. The zero-order chi connectivity index (χ0) is 17.3. The van der Waals surface area contributed by atoms with Crippen molar-refractivity contribution in [2.45, 2.75) is 39.2 Å². The summed E-state index contributed by atoms with van der Waals surface area (Å²) in [4.78, 5) is 18.9. The summed E-state index contributed by atoms with van der Waals surface area (Å²) >= 11 is 0. The molecule has 0 bridgehead atoms. The number of piperidine rings is 1. The number of carbonyl (C=O) groups is 1. The van der Waals surface area contributed by atoms with E-state index in [1.807, 2.05) is 29.3 Å². The smallest absolute Gasteiger partial charge is 0.321 e. The van der Waals surface area contributed by atoms with Gasteiger partial charge in [-0.2, -0.15) is 5.10 Å². The van der Waals surface area contributed by atoms with Crippen molar-refractivity contribution in [3.63, 3.8) is 0 Å². The quantitative estimate of drug-likeness (QED) is 0.932. The number of likely N-dealkylation sites (tertiary alicyclic amines) is 1. The molecule has 1 atom stereocenters.